The Morgan fingerprint density at radius 2 is 1.67 bits per heavy atom. The molecule has 0 saturated heterocycles. The summed E-state index contributed by atoms with van der Waals surface area (Å²) < 4.78 is 26.8. The highest BCUT2D eigenvalue weighted by Crippen LogP contribution is 2.19. The second kappa shape index (κ2) is 5.33. The first kappa shape index (κ1) is 13.3. The van der Waals surface area contributed by atoms with E-state index >= 15 is 0 Å². The van der Waals surface area contributed by atoms with Crippen LogP contribution < -0.4 is 4.72 Å². The van der Waals surface area contributed by atoms with Crippen LogP contribution in [0.2, 0.25) is 0 Å². The van der Waals surface area contributed by atoms with Crippen molar-refractivity contribution in [3.05, 3.63) is 54.6 Å². The molecule has 0 amide bonds. The van der Waals surface area contributed by atoms with E-state index in [2.05, 4.69) is 25.3 Å². The topological polar surface area (TPSA) is 101 Å². The maximum atomic E-state index is 12.2. The Kier molecular flexibility index (Phi) is 3.36. The molecule has 3 aromatic rings. The third-order valence-electron chi connectivity index (χ3n) is 2.79. The van der Waals surface area contributed by atoms with Crippen LogP contribution in [0.15, 0.2) is 59.5 Å². The molecule has 1 aromatic heterocycles. The lowest BCUT2D eigenvalue weighted by molar-refractivity contribution is 0.601. The Labute approximate surface area is 121 Å². The first-order valence-corrected chi connectivity index (χ1v) is 7.55. The second-order valence-corrected chi connectivity index (χ2v) is 5.91. The number of anilines is 1. The first-order valence-electron chi connectivity index (χ1n) is 6.07. The molecule has 2 N–H and O–H groups in total. The van der Waals surface area contributed by atoms with Crippen LogP contribution in [-0.4, -0.2) is 29.0 Å². The molecule has 0 atom stereocenters. The molecule has 0 bridgehead atoms. The number of tetrazole rings is 1. The van der Waals surface area contributed by atoms with Crippen LogP contribution in [0.25, 0.3) is 11.4 Å². The molecule has 0 aliphatic carbocycles. The van der Waals surface area contributed by atoms with Crippen molar-refractivity contribution in [3.8, 4) is 11.4 Å². The molecule has 0 aliphatic rings. The van der Waals surface area contributed by atoms with E-state index in [0.29, 0.717) is 11.5 Å². The zero-order valence-electron chi connectivity index (χ0n) is 10.8. The number of benzene rings is 2. The van der Waals surface area contributed by atoms with E-state index in [0.717, 1.165) is 5.56 Å². The number of rotatable bonds is 4. The van der Waals surface area contributed by atoms with Crippen molar-refractivity contribution in [1.29, 1.82) is 0 Å². The summed E-state index contributed by atoms with van der Waals surface area (Å²) >= 11 is 0. The molecule has 7 nitrogen and oxygen atoms in total. The summed E-state index contributed by atoms with van der Waals surface area (Å²) in [6.45, 7) is 0. The summed E-state index contributed by atoms with van der Waals surface area (Å²) in [6.07, 6.45) is 0. The van der Waals surface area contributed by atoms with Crippen molar-refractivity contribution < 1.29 is 8.42 Å². The van der Waals surface area contributed by atoms with Crippen LogP contribution in [-0.2, 0) is 10.0 Å². The van der Waals surface area contributed by atoms with Gasteiger partial charge in [0, 0.05) is 11.3 Å². The fourth-order valence-electron chi connectivity index (χ4n) is 1.79. The van der Waals surface area contributed by atoms with Crippen molar-refractivity contribution in [2.75, 3.05) is 4.72 Å². The van der Waals surface area contributed by atoms with Crippen LogP contribution in [0.5, 0.6) is 0 Å². The van der Waals surface area contributed by atoms with Crippen LogP contribution in [0, 0.1) is 0 Å². The Morgan fingerprint density at radius 3 is 2.29 bits per heavy atom. The molecule has 0 saturated carbocycles. The van der Waals surface area contributed by atoms with E-state index < -0.39 is 10.0 Å². The van der Waals surface area contributed by atoms with E-state index in [4.69, 9.17) is 0 Å². The molecule has 2 aromatic carbocycles. The number of hydrogen-bond donors (Lipinski definition) is 2. The van der Waals surface area contributed by atoms with E-state index in [-0.39, 0.29) is 4.90 Å². The third-order valence-corrected chi connectivity index (χ3v) is 4.19. The minimum Gasteiger partial charge on any atom is -0.280 e. The maximum Gasteiger partial charge on any atom is 0.261 e. The number of aromatic nitrogens is 4. The average molecular weight is 301 g/mol. The highest BCUT2D eigenvalue weighted by molar-refractivity contribution is 7.92. The summed E-state index contributed by atoms with van der Waals surface area (Å²) in [5, 5.41) is 13.5. The summed E-state index contributed by atoms with van der Waals surface area (Å²) in [5.74, 6) is 0.451. The zero-order valence-corrected chi connectivity index (χ0v) is 11.6. The number of sulfonamides is 1. The number of nitrogens with one attached hydrogen (secondary N) is 2. The first-order chi connectivity index (χ1) is 10.1. The molecule has 21 heavy (non-hydrogen) atoms. The van der Waals surface area contributed by atoms with Gasteiger partial charge in [0.05, 0.1) is 4.90 Å². The molecule has 106 valence electrons. The van der Waals surface area contributed by atoms with Crippen LogP contribution in [0.3, 0.4) is 0 Å². The van der Waals surface area contributed by atoms with Gasteiger partial charge >= 0.3 is 0 Å². The highest BCUT2D eigenvalue weighted by Gasteiger charge is 2.13. The molecular formula is C13H11N5O2S. The van der Waals surface area contributed by atoms with Gasteiger partial charge in [0.1, 0.15) is 0 Å². The fraction of sp³-hybridized carbons (Fsp3) is 0. The summed E-state index contributed by atoms with van der Waals surface area (Å²) in [6, 6.07) is 14.9. The van der Waals surface area contributed by atoms with Crippen molar-refractivity contribution in [2.45, 2.75) is 4.90 Å². The molecule has 0 unspecified atom stereocenters. The van der Waals surface area contributed by atoms with E-state index in [1.54, 1.807) is 42.5 Å². The smallest absolute Gasteiger partial charge is 0.261 e. The lowest BCUT2D eigenvalue weighted by atomic mass is 10.2. The number of hydrogen-bond acceptors (Lipinski definition) is 5. The fourth-order valence-corrected chi connectivity index (χ4v) is 2.86. The second-order valence-electron chi connectivity index (χ2n) is 4.23. The number of aromatic amines is 1. The predicted molar refractivity (Wildman–Crippen MR) is 76.9 cm³/mol. The molecule has 8 heteroatoms. The van der Waals surface area contributed by atoms with Gasteiger partial charge in [0.15, 0.2) is 0 Å². The van der Waals surface area contributed by atoms with E-state index in [1.807, 2.05) is 0 Å². The average Bonchev–Trinajstić information content (AvgIpc) is 3.03. The summed E-state index contributed by atoms with van der Waals surface area (Å²) in [5.41, 5.74) is 1.21. The lowest BCUT2D eigenvalue weighted by Crippen LogP contribution is -2.12. The number of nitrogens with zero attached hydrogens (tertiary/aromatic N) is 3. The van der Waals surface area contributed by atoms with Gasteiger partial charge in [0.2, 0.25) is 5.82 Å². The van der Waals surface area contributed by atoms with Crippen molar-refractivity contribution in [3.63, 3.8) is 0 Å². The van der Waals surface area contributed by atoms with Gasteiger partial charge < -0.3 is 0 Å². The highest BCUT2D eigenvalue weighted by atomic mass is 32.2. The molecule has 0 fully saturated rings. The zero-order chi connectivity index (χ0) is 14.7. The third kappa shape index (κ3) is 2.90. The van der Waals surface area contributed by atoms with Gasteiger partial charge in [-0.15, -0.1) is 10.2 Å². The van der Waals surface area contributed by atoms with Gasteiger partial charge in [-0.25, -0.2) is 8.42 Å². The van der Waals surface area contributed by atoms with E-state index in [9.17, 15) is 8.42 Å². The van der Waals surface area contributed by atoms with Gasteiger partial charge in [-0.2, -0.15) is 5.21 Å². The molecule has 0 radical (unpaired) electrons. The van der Waals surface area contributed by atoms with Crippen molar-refractivity contribution in [1.82, 2.24) is 20.6 Å². The Bertz CT molecular complexity index is 815. The lowest BCUT2D eigenvalue weighted by Gasteiger charge is -2.08. The van der Waals surface area contributed by atoms with Crippen molar-refractivity contribution >= 4 is 15.7 Å². The Balaban J connectivity index is 1.83. The van der Waals surface area contributed by atoms with Gasteiger partial charge in [-0.05, 0) is 41.6 Å². The molecule has 0 aliphatic heterocycles. The van der Waals surface area contributed by atoms with Crippen LogP contribution in [0.1, 0.15) is 0 Å². The van der Waals surface area contributed by atoms with Crippen LogP contribution in [0.4, 0.5) is 5.69 Å². The molecule has 3 rings (SSSR count). The quantitative estimate of drug-likeness (QED) is 0.763. The molecular weight excluding hydrogens is 290 g/mol. The Hall–Kier alpha value is -2.74. The molecule has 1 heterocycles. The standard InChI is InChI=1S/C13H11N5O2S/c19-21(20,12-4-2-1-3-5-12)16-11-8-6-10(7-9-11)13-14-17-18-15-13/h1-9,16H,(H,14,15,17,18). The van der Waals surface area contributed by atoms with Gasteiger partial charge in [-0.1, -0.05) is 18.2 Å². The van der Waals surface area contributed by atoms with E-state index in [1.165, 1.54) is 12.1 Å². The molecule has 0 spiro atoms. The SMILES string of the molecule is O=S(=O)(Nc1ccc(-c2nn[nH]n2)cc1)c1ccccc1. The Morgan fingerprint density at radius 1 is 0.952 bits per heavy atom. The van der Waals surface area contributed by atoms with Crippen molar-refractivity contribution in [2.24, 2.45) is 0 Å². The maximum absolute atomic E-state index is 12.2. The summed E-state index contributed by atoms with van der Waals surface area (Å²) in [7, 11) is -3.58. The predicted octanol–water partition coefficient (Wildman–Crippen LogP) is 1.67. The van der Waals surface area contributed by atoms with Crippen LogP contribution >= 0.6 is 0 Å². The van der Waals surface area contributed by atoms with Gasteiger partial charge in [-0.3, -0.25) is 4.72 Å². The largest absolute Gasteiger partial charge is 0.280 e. The number of H-pyrrole nitrogens is 1. The summed E-state index contributed by atoms with van der Waals surface area (Å²) in [4.78, 5) is 0.215. The normalized spacial score (nSPS) is 11.2. The minimum atomic E-state index is -3.58. The monoisotopic (exact) mass is 301 g/mol. The van der Waals surface area contributed by atoms with Gasteiger partial charge in [0.25, 0.3) is 10.0 Å². The minimum absolute atomic E-state index is 0.215.